The number of ether oxygens (including phenoxy) is 1. The first kappa shape index (κ1) is 13.0. The molecule has 1 aromatic rings. The molecule has 4 heteroatoms. The van der Waals surface area contributed by atoms with Gasteiger partial charge in [0.2, 0.25) is 0 Å². The van der Waals surface area contributed by atoms with Crippen LogP contribution in [0.15, 0.2) is 16.6 Å². The molecular formula is C13H17BrClNO. The first-order chi connectivity index (χ1) is 8.20. The molecule has 17 heavy (non-hydrogen) atoms. The van der Waals surface area contributed by atoms with E-state index in [2.05, 4.69) is 21.2 Å². The predicted octanol–water partition coefficient (Wildman–Crippen LogP) is 4.71. The summed E-state index contributed by atoms with van der Waals surface area (Å²) in [6.07, 6.45) is 5.39. The van der Waals surface area contributed by atoms with Gasteiger partial charge in [-0.2, -0.15) is 0 Å². The smallest absolute Gasteiger partial charge is 0.156 e. The molecule has 1 N–H and O–H groups in total. The largest absolute Gasteiger partial charge is 0.493 e. The molecule has 1 fully saturated rings. The highest BCUT2D eigenvalue weighted by atomic mass is 79.9. The summed E-state index contributed by atoms with van der Waals surface area (Å²) in [6, 6.07) is 3.77. The summed E-state index contributed by atoms with van der Waals surface area (Å²) in [6.45, 7) is 1.00. The zero-order valence-electron chi connectivity index (χ0n) is 9.93. The van der Waals surface area contributed by atoms with Crippen molar-refractivity contribution in [3.05, 3.63) is 21.6 Å². The Kier molecular flexibility index (Phi) is 4.57. The summed E-state index contributed by atoms with van der Waals surface area (Å²) >= 11 is 9.51. The molecule has 1 aliphatic carbocycles. The molecule has 0 bridgehead atoms. The van der Waals surface area contributed by atoms with Crippen LogP contribution in [0, 0.1) is 5.92 Å². The third-order valence-electron chi connectivity index (χ3n) is 3.27. The monoisotopic (exact) mass is 317 g/mol. The molecule has 1 saturated carbocycles. The van der Waals surface area contributed by atoms with Crippen molar-refractivity contribution in [3.63, 3.8) is 0 Å². The maximum absolute atomic E-state index is 6.05. The van der Waals surface area contributed by atoms with E-state index in [1.165, 1.54) is 25.7 Å². The molecule has 2 nitrogen and oxygen atoms in total. The Morgan fingerprint density at radius 3 is 2.76 bits per heavy atom. The van der Waals surface area contributed by atoms with E-state index >= 15 is 0 Å². The van der Waals surface area contributed by atoms with E-state index in [-0.39, 0.29) is 0 Å². The lowest BCUT2D eigenvalue weighted by Crippen LogP contribution is -2.11. The van der Waals surface area contributed by atoms with Gasteiger partial charge in [0.1, 0.15) is 0 Å². The molecule has 0 spiro atoms. The fourth-order valence-electron chi connectivity index (χ4n) is 2.37. The topological polar surface area (TPSA) is 21.3 Å². The SMILES string of the molecule is COc1c(Br)cc(Cl)cc1NCC1CCCC1. The van der Waals surface area contributed by atoms with Gasteiger partial charge in [0.25, 0.3) is 0 Å². The number of nitrogens with one attached hydrogen (secondary N) is 1. The van der Waals surface area contributed by atoms with Crippen LogP contribution in [-0.4, -0.2) is 13.7 Å². The Labute approximate surface area is 116 Å². The van der Waals surface area contributed by atoms with Crippen LogP contribution in [0.25, 0.3) is 0 Å². The van der Waals surface area contributed by atoms with E-state index in [9.17, 15) is 0 Å². The molecule has 0 aromatic heterocycles. The number of methoxy groups -OCH3 is 1. The lowest BCUT2D eigenvalue weighted by Gasteiger charge is -2.16. The minimum absolute atomic E-state index is 0.714. The minimum atomic E-state index is 0.714. The third-order valence-corrected chi connectivity index (χ3v) is 4.08. The van der Waals surface area contributed by atoms with Crippen molar-refractivity contribution in [1.82, 2.24) is 0 Å². The van der Waals surface area contributed by atoms with Crippen LogP contribution in [0.1, 0.15) is 25.7 Å². The predicted molar refractivity (Wildman–Crippen MR) is 76.2 cm³/mol. The van der Waals surface area contributed by atoms with Gasteiger partial charge in [0.15, 0.2) is 5.75 Å². The van der Waals surface area contributed by atoms with Crippen molar-refractivity contribution in [2.45, 2.75) is 25.7 Å². The number of benzene rings is 1. The summed E-state index contributed by atoms with van der Waals surface area (Å²) in [5.41, 5.74) is 0.971. The Morgan fingerprint density at radius 1 is 1.41 bits per heavy atom. The maximum Gasteiger partial charge on any atom is 0.156 e. The van der Waals surface area contributed by atoms with E-state index in [1.807, 2.05) is 12.1 Å². The normalized spacial score (nSPS) is 16.2. The zero-order valence-corrected chi connectivity index (χ0v) is 12.3. The molecule has 0 heterocycles. The van der Waals surface area contributed by atoms with Crippen molar-refractivity contribution in [1.29, 1.82) is 0 Å². The summed E-state index contributed by atoms with van der Waals surface area (Å²) in [5, 5.41) is 4.16. The summed E-state index contributed by atoms with van der Waals surface area (Å²) in [5.74, 6) is 1.62. The molecule has 0 saturated heterocycles. The molecule has 0 aliphatic heterocycles. The number of anilines is 1. The second-order valence-corrected chi connectivity index (χ2v) is 5.79. The summed E-state index contributed by atoms with van der Waals surface area (Å²) < 4.78 is 6.27. The van der Waals surface area contributed by atoms with Gasteiger partial charge in [-0.3, -0.25) is 0 Å². The molecule has 1 aliphatic rings. The van der Waals surface area contributed by atoms with Gasteiger partial charge in [0, 0.05) is 11.6 Å². The van der Waals surface area contributed by atoms with Crippen molar-refractivity contribution in [3.8, 4) is 5.75 Å². The number of hydrogen-bond donors (Lipinski definition) is 1. The molecular weight excluding hydrogens is 302 g/mol. The van der Waals surface area contributed by atoms with Crippen molar-refractivity contribution in [2.75, 3.05) is 19.0 Å². The molecule has 2 rings (SSSR count). The van der Waals surface area contributed by atoms with E-state index < -0.39 is 0 Å². The zero-order chi connectivity index (χ0) is 12.3. The van der Waals surface area contributed by atoms with Gasteiger partial charge < -0.3 is 10.1 Å². The number of hydrogen-bond acceptors (Lipinski definition) is 2. The summed E-state index contributed by atoms with van der Waals surface area (Å²) in [7, 11) is 1.68. The van der Waals surface area contributed by atoms with Crippen LogP contribution < -0.4 is 10.1 Å². The first-order valence-electron chi connectivity index (χ1n) is 5.97. The fourth-order valence-corrected chi connectivity index (χ4v) is 3.34. The van der Waals surface area contributed by atoms with Crippen LogP contribution >= 0.6 is 27.5 Å². The average molecular weight is 319 g/mol. The van der Waals surface area contributed by atoms with Gasteiger partial charge >= 0.3 is 0 Å². The van der Waals surface area contributed by atoms with Crippen LogP contribution in [0.3, 0.4) is 0 Å². The second kappa shape index (κ2) is 5.96. The average Bonchev–Trinajstić information content (AvgIpc) is 2.78. The standard InChI is InChI=1S/C13H17BrClNO/c1-17-13-11(14)6-10(15)7-12(13)16-8-9-4-2-3-5-9/h6-7,9,16H,2-5,8H2,1H3. The van der Waals surface area contributed by atoms with Crippen molar-refractivity contribution < 1.29 is 4.74 Å². The lowest BCUT2D eigenvalue weighted by atomic mass is 10.1. The van der Waals surface area contributed by atoms with Gasteiger partial charge in [-0.05, 0) is 46.8 Å². The molecule has 0 radical (unpaired) electrons. The van der Waals surface area contributed by atoms with Gasteiger partial charge in [-0.15, -0.1) is 0 Å². The second-order valence-electron chi connectivity index (χ2n) is 4.50. The Hall–Kier alpha value is -0.410. The number of halogens is 2. The van der Waals surface area contributed by atoms with E-state index in [0.717, 1.165) is 28.4 Å². The fraction of sp³-hybridized carbons (Fsp3) is 0.538. The van der Waals surface area contributed by atoms with Crippen LogP contribution in [-0.2, 0) is 0 Å². The molecule has 0 atom stereocenters. The van der Waals surface area contributed by atoms with Crippen molar-refractivity contribution >= 4 is 33.2 Å². The summed E-state index contributed by atoms with van der Waals surface area (Å²) in [4.78, 5) is 0. The third kappa shape index (κ3) is 3.29. The highest BCUT2D eigenvalue weighted by Crippen LogP contribution is 2.37. The van der Waals surface area contributed by atoms with E-state index in [4.69, 9.17) is 16.3 Å². The Balaban J connectivity index is 2.07. The molecule has 0 unspecified atom stereocenters. The van der Waals surface area contributed by atoms with Gasteiger partial charge in [-0.25, -0.2) is 0 Å². The van der Waals surface area contributed by atoms with Crippen LogP contribution in [0.4, 0.5) is 5.69 Å². The van der Waals surface area contributed by atoms with Crippen LogP contribution in [0.5, 0.6) is 5.75 Å². The van der Waals surface area contributed by atoms with Crippen LogP contribution in [0.2, 0.25) is 5.02 Å². The lowest BCUT2D eigenvalue weighted by molar-refractivity contribution is 0.413. The molecule has 1 aromatic carbocycles. The highest BCUT2D eigenvalue weighted by Gasteiger charge is 2.16. The number of rotatable bonds is 4. The Morgan fingerprint density at radius 2 is 2.12 bits per heavy atom. The maximum atomic E-state index is 6.05. The van der Waals surface area contributed by atoms with Crippen molar-refractivity contribution in [2.24, 2.45) is 5.92 Å². The minimum Gasteiger partial charge on any atom is -0.493 e. The molecule has 94 valence electrons. The first-order valence-corrected chi connectivity index (χ1v) is 7.14. The van der Waals surface area contributed by atoms with E-state index in [1.54, 1.807) is 7.11 Å². The Bertz CT molecular complexity index is 391. The molecule has 0 amide bonds. The quantitative estimate of drug-likeness (QED) is 0.868. The van der Waals surface area contributed by atoms with Gasteiger partial charge in [-0.1, -0.05) is 24.4 Å². The van der Waals surface area contributed by atoms with E-state index in [0.29, 0.717) is 5.02 Å². The van der Waals surface area contributed by atoms with Gasteiger partial charge in [0.05, 0.1) is 17.3 Å². The highest BCUT2D eigenvalue weighted by molar-refractivity contribution is 9.10.